The van der Waals surface area contributed by atoms with E-state index in [1.165, 1.54) is 6.92 Å². The molecule has 1 aliphatic heterocycles. The number of nitrogens with two attached hydrogens (primary N) is 2. The maximum Gasteiger partial charge on any atom is 0.238 e. The highest BCUT2D eigenvalue weighted by atomic mass is 32.2. The lowest BCUT2D eigenvalue weighted by Gasteiger charge is -2.16. The number of carbonyl (C=O) groups excluding carboxylic acids is 1. The van der Waals surface area contributed by atoms with Gasteiger partial charge in [0.05, 0.1) is 11.0 Å². The largest absolute Gasteiger partial charge is 0.368 e. The van der Waals surface area contributed by atoms with Gasteiger partial charge in [0, 0.05) is 0 Å². The fourth-order valence-electron chi connectivity index (χ4n) is 1.37. The van der Waals surface area contributed by atoms with Crippen LogP contribution < -0.4 is 11.5 Å². The Hall–Kier alpha value is -0.620. The zero-order valence-corrected chi connectivity index (χ0v) is 7.60. The quantitative estimate of drug-likeness (QED) is 0.521. The van der Waals surface area contributed by atoms with Gasteiger partial charge in [-0.1, -0.05) is 0 Å². The van der Waals surface area contributed by atoms with Gasteiger partial charge in [-0.2, -0.15) is 0 Å². The molecule has 4 N–H and O–H groups in total. The van der Waals surface area contributed by atoms with Crippen LogP contribution in [0.15, 0.2) is 0 Å². The summed E-state index contributed by atoms with van der Waals surface area (Å²) >= 11 is 0. The molecule has 70 valence electrons. The first-order chi connectivity index (χ1) is 5.28. The Balaban J connectivity index is 3.00. The van der Waals surface area contributed by atoms with Gasteiger partial charge in [0.1, 0.15) is 5.54 Å². The molecule has 1 fully saturated rings. The van der Waals surface area contributed by atoms with Gasteiger partial charge in [-0.05, 0) is 13.3 Å². The van der Waals surface area contributed by atoms with Crippen LogP contribution in [0.3, 0.4) is 0 Å². The topological polar surface area (TPSA) is 103 Å². The van der Waals surface area contributed by atoms with Crippen molar-refractivity contribution in [2.75, 3.05) is 5.75 Å². The van der Waals surface area contributed by atoms with Crippen LogP contribution in [0, 0.1) is 0 Å². The number of sulfone groups is 1. The molecule has 5 nitrogen and oxygen atoms in total. The molecule has 12 heavy (non-hydrogen) atoms. The van der Waals surface area contributed by atoms with Crippen LogP contribution in [0.2, 0.25) is 0 Å². The number of rotatable bonds is 1. The van der Waals surface area contributed by atoms with Crippen molar-refractivity contribution in [1.82, 2.24) is 0 Å². The molecule has 0 bridgehead atoms. The van der Waals surface area contributed by atoms with Crippen LogP contribution in [0.5, 0.6) is 0 Å². The minimum absolute atomic E-state index is 0.130. The Morgan fingerprint density at radius 3 is 2.25 bits per heavy atom. The molecule has 0 aromatic rings. The third-order valence-corrected chi connectivity index (χ3v) is 4.52. The second-order valence-corrected chi connectivity index (χ2v) is 5.76. The third kappa shape index (κ3) is 1.32. The van der Waals surface area contributed by atoms with E-state index < -0.39 is 26.5 Å². The fraction of sp³-hybridized carbons (Fsp3) is 0.833. The summed E-state index contributed by atoms with van der Waals surface area (Å²) in [5, 5.41) is -0.560. The van der Waals surface area contributed by atoms with Crippen molar-refractivity contribution >= 4 is 15.7 Å². The minimum Gasteiger partial charge on any atom is -0.368 e. The van der Waals surface area contributed by atoms with E-state index in [2.05, 4.69) is 0 Å². The summed E-state index contributed by atoms with van der Waals surface area (Å²) in [6.07, 6.45) is 0.130. The normalized spacial score (nSPS) is 39.7. The van der Waals surface area contributed by atoms with Crippen molar-refractivity contribution in [2.45, 2.75) is 24.1 Å². The monoisotopic (exact) mass is 192 g/mol. The van der Waals surface area contributed by atoms with Gasteiger partial charge in [-0.3, -0.25) is 4.79 Å². The van der Waals surface area contributed by atoms with E-state index in [1.807, 2.05) is 0 Å². The molecular formula is C6H12N2O3S. The average molecular weight is 192 g/mol. The second kappa shape index (κ2) is 2.43. The summed E-state index contributed by atoms with van der Waals surface area (Å²) in [6.45, 7) is 1.53. The van der Waals surface area contributed by atoms with E-state index in [0.29, 0.717) is 0 Å². The molecule has 1 aliphatic rings. The van der Waals surface area contributed by atoms with Crippen molar-refractivity contribution in [1.29, 1.82) is 0 Å². The average Bonchev–Trinajstić information content (AvgIpc) is 2.03. The second-order valence-electron chi connectivity index (χ2n) is 3.34. The molecule has 2 unspecified atom stereocenters. The molecule has 1 heterocycles. The van der Waals surface area contributed by atoms with Crippen LogP contribution in [0.25, 0.3) is 0 Å². The van der Waals surface area contributed by atoms with Crippen molar-refractivity contribution < 1.29 is 13.2 Å². The molecule has 0 aliphatic carbocycles. The predicted octanol–water partition coefficient (Wildman–Crippen LogP) is -1.62. The van der Waals surface area contributed by atoms with E-state index >= 15 is 0 Å². The molecule has 6 heteroatoms. The van der Waals surface area contributed by atoms with Crippen LogP contribution in [0.1, 0.15) is 13.3 Å². The Labute approximate surface area is 71.0 Å². The fourth-order valence-corrected chi connectivity index (χ4v) is 3.19. The molecular weight excluding hydrogens is 180 g/mol. The number of primary amides is 1. The highest BCUT2D eigenvalue weighted by Gasteiger charge is 2.48. The standard InChI is InChI=1S/C6H12N2O3S/c1-4-2-6(8,5(7)9)3-12(4,10)11/h4H,2-3,8H2,1H3,(H2,7,9). The molecule has 0 aromatic heterocycles. The number of amides is 1. The summed E-state index contributed by atoms with van der Waals surface area (Å²) in [5.41, 5.74) is 9.15. The van der Waals surface area contributed by atoms with E-state index in [9.17, 15) is 13.2 Å². The molecule has 1 rings (SSSR count). The first-order valence-electron chi connectivity index (χ1n) is 3.58. The van der Waals surface area contributed by atoms with Gasteiger partial charge in [0.25, 0.3) is 0 Å². The maximum absolute atomic E-state index is 11.2. The highest BCUT2D eigenvalue weighted by Crippen LogP contribution is 2.26. The summed E-state index contributed by atoms with van der Waals surface area (Å²) in [5.74, 6) is -1.06. The first kappa shape index (κ1) is 9.47. The Bertz CT molecular complexity index is 311. The molecule has 0 aromatic carbocycles. The van der Waals surface area contributed by atoms with Crippen LogP contribution in [-0.4, -0.2) is 30.9 Å². The van der Waals surface area contributed by atoms with Crippen molar-refractivity contribution in [3.8, 4) is 0 Å². The summed E-state index contributed by atoms with van der Waals surface area (Å²) in [6, 6.07) is 0. The SMILES string of the molecule is CC1CC(N)(C(N)=O)CS1(=O)=O. The van der Waals surface area contributed by atoms with Gasteiger partial charge >= 0.3 is 0 Å². The van der Waals surface area contributed by atoms with E-state index in [1.54, 1.807) is 0 Å². The molecule has 1 saturated heterocycles. The Morgan fingerprint density at radius 2 is 2.08 bits per heavy atom. The van der Waals surface area contributed by atoms with Crippen molar-refractivity contribution in [3.05, 3.63) is 0 Å². The van der Waals surface area contributed by atoms with Crippen molar-refractivity contribution in [3.63, 3.8) is 0 Å². The summed E-state index contributed by atoms with van der Waals surface area (Å²) < 4.78 is 22.4. The lowest BCUT2D eigenvalue weighted by molar-refractivity contribution is -0.122. The highest BCUT2D eigenvalue weighted by molar-refractivity contribution is 7.92. The molecule has 0 saturated carbocycles. The van der Waals surface area contributed by atoms with Gasteiger partial charge < -0.3 is 11.5 Å². The number of carbonyl (C=O) groups is 1. The first-order valence-corrected chi connectivity index (χ1v) is 5.30. The van der Waals surface area contributed by atoms with Crippen LogP contribution in [0.4, 0.5) is 0 Å². The zero-order valence-electron chi connectivity index (χ0n) is 6.78. The van der Waals surface area contributed by atoms with Crippen LogP contribution >= 0.6 is 0 Å². The smallest absolute Gasteiger partial charge is 0.238 e. The van der Waals surface area contributed by atoms with E-state index in [-0.39, 0.29) is 12.2 Å². The lowest BCUT2D eigenvalue weighted by atomic mass is 9.97. The maximum atomic E-state index is 11.2. The number of hydrogen-bond donors (Lipinski definition) is 2. The third-order valence-electron chi connectivity index (χ3n) is 2.21. The van der Waals surface area contributed by atoms with Gasteiger partial charge in [-0.25, -0.2) is 8.42 Å². The Kier molecular flexibility index (Phi) is 1.92. The molecule has 2 atom stereocenters. The van der Waals surface area contributed by atoms with Gasteiger partial charge in [-0.15, -0.1) is 0 Å². The minimum atomic E-state index is -3.20. The summed E-state index contributed by atoms with van der Waals surface area (Å²) in [7, 11) is -3.20. The Morgan fingerprint density at radius 1 is 1.58 bits per heavy atom. The van der Waals surface area contributed by atoms with Crippen LogP contribution in [-0.2, 0) is 14.6 Å². The molecule has 0 spiro atoms. The lowest BCUT2D eigenvalue weighted by Crippen LogP contribution is -2.53. The van der Waals surface area contributed by atoms with Gasteiger partial charge in [0.15, 0.2) is 9.84 Å². The molecule has 0 radical (unpaired) electrons. The zero-order chi connectivity index (χ0) is 9.57. The van der Waals surface area contributed by atoms with Gasteiger partial charge in [0.2, 0.25) is 5.91 Å². The number of hydrogen-bond acceptors (Lipinski definition) is 4. The summed E-state index contributed by atoms with van der Waals surface area (Å²) in [4.78, 5) is 10.8. The van der Waals surface area contributed by atoms with Crippen molar-refractivity contribution in [2.24, 2.45) is 11.5 Å². The van der Waals surface area contributed by atoms with E-state index in [0.717, 1.165) is 0 Å². The molecule has 1 amide bonds. The van der Waals surface area contributed by atoms with E-state index in [4.69, 9.17) is 11.5 Å². The predicted molar refractivity (Wildman–Crippen MR) is 44.0 cm³/mol.